The number of amides is 1. The number of carbonyl (C=O) groups is 2. The van der Waals surface area contributed by atoms with Crippen molar-refractivity contribution in [2.24, 2.45) is 11.8 Å². The van der Waals surface area contributed by atoms with E-state index in [4.69, 9.17) is 0 Å². The van der Waals surface area contributed by atoms with E-state index in [0.29, 0.717) is 31.0 Å². The summed E-state index contributed by atoms with van der Waals surface area (Å²) in [4.78, 5) is 28.1. The molecule has 0 saturated heterocycles. The van der Waals surface area contributed by atoms with E-state index in [9.17, 15) is 9.59 Å². The van der Waals surface area contributed by atoms with E-state index in [2.05, 4.69) is 52.4 Å². The minimum Gasteiger partial charge on any atom is -0.339 e. The van der Waals surface area contributed by atoms with Gasteiger partial charge in [-0.15, -0.1) is 0 Å². The molecule has 0 bridgehead atoms. The quantitative estimate of drug-likeness (QED) is 0.387. The molecule has 32 heavy (non-hydrogen) atoms. The maximum atomic E-state index is 13.3. The predicted molar refractivity (Wildman–Crippen MR) is 136 cm³/mol. The van der Waals surface area contributed by atoms with Crippen molar-refractivity contribution < 1.29 is 9.59 Å². The van der Waals surface area contributed by atoms with Gasteiger partial charge in [0.15, 0.2) is 0 Å². The van der Waals surface area contributed by atoms with Crippen LogP contribution in [0.15, 0.2) is 70.8 Å². The highest BCUT2D eigenvalue weighted by molar-refractivity contribution is 9.10. The largest absolute Gasteiger partial charge is 0.339 e. The number of hydrogen-bond donors (Lipinski definition) is 0. The van der Waals surface area contributed by atoms with Gasteiger partial charge in [-0.05, 0) is 74.8 Å². The molecule has 1 aromatic carbocycles. The van der Waals surface area contributed by atoms with E-state index in [-0.39, 0.29) is 17.6 Å². The molecule has 1 saturated carbocycles. The normalized spacial score (nSPS) is 25.4. The Hall–Kier alpha value is -2.20. The fourth-order valence-electron chi connectivity index (χ4n) is 4.74. The van der Waals surface area contributed by atoms with E-state index in [1.54, 1.807) is 0 Å². The van der Waals surface area contributed by atoms with Gasteiger partial charge in [-0.25, -0.2) is 0 Å². The number of nitrogens with zero attached hydrogens (tertiary/aromatic N) is 1. The Labute approximate surface area is 201 Å². The lowest BCUT2D eigenvalue weighted by atomic mass is 9.87. The monoisotopic (exact) mass is 495 g/mol. The highest BCUT2D eigenvalue weighted by Crippen LogP contribution is 2.34. The Bertz CT molecular complexity index is 937. The zero-order chi connectivity index (χ0) is 22.9. The van der Waals surface area contributed by atoms with Crippen LogP contribution in [0.25, 0.3) is 0 Å². The number of ketones is 1. The third kappa shape index (κ3) is 6.41. The zero-order valence-electron chi connectivity index (χ0n) is 19.2. The molecule has 2 unspecified atom stereocenters. The second-order valence-electron chi connectivity index (χ2n) is 8.62. The Morgan fingerprint density at radius 2 is 1.72 bits per heavy atom. The first kappa shape index (κ1) is 24.4. The van der Waals surface area contributed by atoms with Gasteiger partial charge in [0.2, 0.25) is 0 Å². The van der Waals surface area contributed by atoms with E-state index >= 15 is 0 Å². The highest BCUT2D eigenvalue weighted by Gasteiger charge is 2.27. The second kappa shape index (κ2) is 12.2. The fraction of sp³-hybridized carbons (Fsp3) is 0.429. The summed E-state index contributed by atoms with van der Waals surface area (Å²) in [5.41, 5.74) is 2.85. The third-order valence-electron chi connectivity index (χ3n) is 6.63. The van der Waals surface area contributed by atoms with E-state index in [1.165, 1.54) is 5.57 Å². The summed E-state index contributed by atoms with van der Waals surface area (Å²) in [5, 5.41) is 0. The van der Waals surface area contributed by atoms with Crippen molar-refractivity contribution in [1.29, 1.82) is 0 Å². The number of Topliss-reactive ketones (excluding diaryl/α,β-unsaturated/α-hetero) is 1. The summed E-state index contributed by atoms with van der Waals surface area (Å²) in [5.74, 6) is 0.855. The molecule has 0 aliphatic heterocycles. The van der Waals surface area contributed by atoms with Crippen LogP contribution in [-0.4, -0.2) is 29.7 Å². The molecule has 3 rings (SSSR count). The van der Waals surface area contributed by atoms with Crippen molar-refractivity contribution >= 4 is 27.6 Å². The second-order valence-corrected chi connectivity index (χ2v) is 9.54. The summed E-state index contributed by atoms with van der Waals surface area (Å²) < 4.78 is 0.905. The van der Waals surface area contributed by atoms with Crippen molar-refractivity contribution in [2.75, 3.05) is 13.1 Å². The molecule has 2 aliphatic carbocycles. The maximum absolute atomic E-state index is 13.3. The lowest BCUT2D eigenvalue weighted by Crippen LogP contribution is -2.31. The topological polar surface area (TPSA) is 37.4 Å². The standard InChI is InChI=1S/C28H34BrNO2/c1-3-30(4-2)28(32)26-18-17-25(29)19-24(26)20-27(31)23-14-10-13-22(15-16-23)21-11-8-6-5-7-9-12-21/h5-9,11-12,17-19,22-23H,3-4,10,13-16,20H2,1-2H3/b6-5-,7-5?,8-6?,9-7-,11-8-,12-9?,21-11?,21-12+. The SMILES string of the molecule is CCN(CC)C(=O)c1ccc(Br)cc1CC(=O)C1CCCC(C2=C/C=C\C=C/C=C\2)CC1. The molecule has 170 valence electrons. The van der Waals surface area contributed by atoms with Gasteiger partial charge in [0.1, 0.15) is 5.78 Å². The summed E-state index contributed by atoms with van der Waals surface area (Å²) >= 11 is 3.52. The molecule has 0 N–H and O–H groups in total. The van der Waals surface area contributed by atoms with Crippen molar-refractivity contribution in [3.05, 3.63) is 81.9 Å². The van der Waals surface area contributed by atoms with E-state index < -0.39 is 0 Å². The van der Waals surface area contributed by atoms with Crippen LogP contribution in [0.4, 0.5) is 0 Å². The Morgan fingerprint density at radius 1 is 0.969 bits per heavy atom. The Balaban J connectivity index is 1.70. The molecule has 2 aliphatic rings. The van der Waals surface area contributed by atoms with Crippen molar-refractivity contribution in [2.45, 2.75) is 52.4 Å². The lowest BCUT2D eigenvalue weighted by Gasteiger charge is -2.21. The van der Waals surface area contributed by atoms with Gasteiger partial charge < -0.3 is 4.90 Å². The van der Waals surface area contributed by atoms with Crippen LogP contribution in [0.3, 0.4) is 0 Å². The maximum Gasteiger partial charge on any atom is 0.254 e. The average Bonchev–Trinajstić information content (AvgIpc) is 3.01. The van der Waals surface area contributed by atoms with Gasteiger partial charge in [-0.3, -0.25) is 9.59 Å². The molecular weight excluding hydrogens is 462 g/mol. The lowest BCUT2D eigenvalue weighted by molar-refractivity contribution is -0.122. The van der Waals surface area contributed by atoms with Crippen LogP contribution in [0, 0.1) is 11.8 Å². The van der Waals surface area contributed by atoms with Crippen LogP contribution in [0.5, 0.6) is 0 Å². The van der Waals surface area contributed by atoms with Crippen LogP contribution in [0.2, 0.25) is 0 Å². The first-order valence-electron chi connectivity index (χ1n) is 11.9. The number of rotatable bonds is 7. The molecule has 0 heterocycles. The molecule has 2 atom stereocenters. The van der Waals surface area contributed by atoms with Gasteiger partial charge in [0, 0.05) is 35.5 Å². The van der Waals surface area contributed by atoms with E-state index in [0.717, 1.165) is 42.1 Å². The first-order valence-corrected chi connectivity index (χ1v) is 12.6. The van der Waals surface area contributed by atoms with Gasteiger partial charge in [-0.2, -0.15) is 0 Å². The van der Waals surface area contributed by atoms with Crippen LogP contribution in [-0.2, 0) is 11.2 Å². The highest BCUT2D eigenvalue weighted by atomic mass is 79.9. The van der Waals surface area contributed by atoms with Gasteiger partial charge >= 0.3 is 0 Å². The number of carbonyl (C=O) groups excluding carboxylic acids is 2. The molecule has 0 radical (unpaired) electrons. The van der Waals surface area contributed by atoms with Crippen LogP contribution >= 0.6 is 15.9 Å². The van der Waals surface area contributed by atoms with Crippen molar-refractivity contribution in [1.82, 2.24) is 4.90 Å². The molecule has 1 aromatic rings. The van der Waals surface area contributed by atoms with Crippen LogP contribution in [0.1, 0.15) is 61.9 Å². The molecular formula is C28H34BrNO2. The Kier molecular flexibility index (Phi) is 9.28. The fourth-order valence-corrected chi connectivity index (χ4v) is 5.15. The van der Waals surface area contributed by atoms with Crippen molar-refractivity contribution in [3.63, 3.8) is 0 Å². The predicted octanol–water partition coefficient (Wildman–Crippen LogP) is 6.85. The Morgan fingerprint density at radius 3 is 2.50 bits per heavy atom. The number of halogens is 1. The third-order valence-corrected chi connectivity index (χ3v) is 7.12. The summed E-state index contributed by atoms with van der Waals surface area (Å²) in [7, 11) is 0. The van der Waals surface area contributed by atoms with E-state index in [1.807, 2.05) is 43.0 Å². The van der Waals surface area contributed by atoms with Gasteiger partial charge in [-0.1, -0.05) is 64.9 Å². The molecule has 3 nitrogen and oxygen atoms in total. The van der Waals surface area contributed by atoms with Crippen LogP contribution < -0.4 is 0 Å². The minimum atomic E-state index is 0.0105. The zero-order valence-corrected chi connectivity index (χ0v) is 20.8. The minimum absolute atomic E-state index is 0.0105. The summed E-state index contributed by atoms with van der Waals surface area (Å²) in [6.45, 7) is 5.30. The smallest absolute Gasteiger partial charge is 0.254 e. The van der Waals surface area contributed by atoms with Crippen molar-refractivity contribution in [3.8, 4) is 0 Å². The summed E-state index contributed by atoms with van der Waals surface area (Å²) in [6.07, 6.45) is 20.2. The first-order chi connectivity index (χ1) is 15.5. The summed E-state index contributed by atoms with van der Waals surface area (Å²) in [6, 6.07) is 5.69. The number of allylic oxidation sites excluding steroid dienone is 8. The molecule has 1 fully saturated rings. The van der Waals surface area contributed by atoms with Gasteiger partial charge in [0.05, 0.1) is 0 Å². The molecule has 0 spiro atoms. The average molecular weight is 496 g/mol. The molecule has 0 aromatic heterocycles. The number of benzene rings is 1. The molecule has 4 heteroatoms. The van der Waals surface area contributed by atoms with Gasteiger partial charge in [0.25, 0.3) is 5.91 Å². The number of hydrogen-bond acceptors (Lipinski definition) is 2. The molecule has 1 amide bonds.